The maximum absolute atomic E-state index is 12.9. The van der Waals surface area contributed by atoms with Gasteiger partial charge in [-0.2, -0.15) is 0 Å². The van der Waals surface area contributed by atoms with Gasteiger partial charge in [-0.1, -0.05) is 56.4 Å². The van der Waals surface area contributed by atoms with E-state index in [1.165, 1.54) is 5.56 Å². The molecule has 0 aliphatic rings. The van der Waals surface area contributed by atoms with Crippen LogP contribution in [0.25, 0.3) is 10.2 Å². The third-order valence-corrected chi connectivity index (χ3v) is 7.48. The summed E-state index contributed by atoms with van der Waals surface area (Å²) < 4.78 is 30.9. The largest absolute Gasteiger partial charge is 0.308 e. The van der Waals surface area contributed by atoms with E-state index in [-0.39, 0.29) is 27.3 Å². The predicted octanol–water partition coefficient (Wildman–Crippen LogP) is 4.98. The highest BCUT2D eigenvalue weighted by molar-refractivity contribution is 7.89. The Kier molecular flexibility index (Phi) is 5.77. The van der Waals surface area contributed by atoms with Crippen molar-refractivity contribution < 1.29 is 8.42 Å². The van der Waals surface area contributed by atoms with Crippen molar-refractivity contribution in [3.8, 4) is 0 Å². The molecule has 0 saturated heterocycles. The fourth-order valence-corrected chi connectivity index (χ4v) is 5.70. The third-order valence-electron chi connectivity index (χ3n) is 5.02. The molecule has 2 aromatic carbocycles. The van der Waals surface area contributed by atoms with Crippen molar-refractivity contribution in [1.82, 2.24) is 9.29 Å². The Morgan fingerprint density at radius 3 is 2.17 bits per heavy atom. The van der Waals surface area contributed by atoms with Crippen LogP contribution >= 0.6 is 11.3 Å². The van der Waals surface area contributed by atoms with Crippen molar-refractivity contribution in [3.63, 3.8) is 0 Å². The fourth-order valence-electron chi connectivity index (χ4n) is 3.31. The van der Waals surface area contributed by atoms with Gasteiger partial charge < -0.3 is 0 Å². The first-order valence-corrected chi connectivity index (χ1v) is 12.0. The Hall–Kier alpha value is -1.96. The quantitative estimate of drug-likeness (QED) is 0.618. The first kappa shape index (κ1) is 21.7. The molecule has 0 aliphatic carbocycles. The molecule has 0 fully saturated rings. The van der Waals surface area contributed by atoms with Crippen molar-refractivity contribution in [2.75, 3.05) is 0 Å². The lowest BCUT2D eigenvalue weighted by Crippen LogP contribution is -2.27. The molecule has 29 heavy (non-hydrogen) atoms. The van der Waals surface area contributed by atoms with E-state index in [9.17, 15) is 13.2 Å². The second kappa shape index (κ2) is 7.70. The number of nitrogens with zero attached hydrogens (tertiary/aromatic N) is 1. The number of aromatic nitrogens is 1. The summed E-state index contributed by atoms with van der Waals surface area (Å²) in [6.45, 7) is 12.1. The summed E-state index contributed by atoms with van der Waals surface area (Å²) in [6, 6.07) is 12.5. The van der Waals surface area contributed by atoms with Gasteiger partial charge in [0.05, 0.1) is 15.1 Å². The van der Waals surface area contributed by atoms with Gasteiger partial charge in [-0.25, -0.2) is 13.1 Å². The minimum Gasteiger partial charge on any atom is -0.296 e. The van der Waals surface area contributed by atoms with Gasteiger partial charge in [0, 0.05) is 12.1 Å². The number of rotatable bonds is 5. The van der Waals surface area contributed by atoms with Crippen LogP contribution in [0.3, 0.4) is 0 Å². The predicted molar refractivity (Wildman–Crippen MR) is 120 cm³/mol. The summed E-state index contributed by atoms with van der Waals surface area (Å²) in [6.07, 6.45) is 0. The Labute approximate surface area is 176 Å². The van der Waals surface area contributed by atoms with E-state index in [2.05, 4.69) is 25.5 Å². The molecule has 0 radical (unpaired) electrons. The van der Waals surface area contributed by atoms with Gasteiger partial charge in [-0.05, 0) is 55.5 Å². The van der Waals surface area contributed by atoms with Gasteiger partial charge in [-0.15, -0.1) is 0 Å². The molecule has 0 unspecified atom stereocenters. The Morgan fingerprint density at radius 1 is 1.00 bits per heavy atom. The summed E-state index contributed by atoms with van der Waals surface area (Å²) in [5, 5.41) is 0. The van der Waals surface area contributed by atoms with Crippen molar-refractivity contribution in [2.45, 2.75) is 63.9 Å². The second-order valence-electron chi connectivity index (χ2n) is 8.68. The number of fused-ring (bicyclic) bond motifs is 1. The lowest BCUT2D eigenvalue weighted by molar-refractivity contribution is 0.566. The molecule has 0 bridgehead atoms. The van der Waals surface area contributed by atoms with Crippen molar-refractivity contribution in [1.29, 1.82) is 0 Å². The van der Waals surface area contributed by atoms with Gasteiger partial charge in [-0.3, -0.25) is 9.36 Å². The number of hydrogen-bond acceptors (Lipinski definition) is 4. The van der Waals surface area contributed by atoms with Crippen LogP contribution in [0.1, 0.15) is 64.8 Å². The van der Waals surface area contributed by atoms with Crippen LogP contribution in [0.4, 0.5) is 0 Å². The lowest BCUT2D eigenvalue weighted by Gasteiger charge is -2.20. The Morgan fingerprint density at radius 2 is 1.62 bits per heavy atom. The third kappa shape index (κ3) is 4.47. The first-order valence-electron chi connectivity index (χ1n) is 9.68. The highest BCUT2D eigenvalue weighted by Crippen LogP contribution is 2.26. The summed E-state index contributed by atoms with van der Waals surface area (Å²) in [4.78, 5) is 12.3. The highest BCUT2D eigenvalue weighted by atomic mass is 32.2. The molecule has 7 heteroatoms. The van der Waals surface area contributed by atoms with E-state index < -0.39 is 10.0 Å². The normalized spacial score (nSPS) is 13.9. The maximum atomic E-state index is 12.9. The molecule has 0 saturated carbocycles. The number of thiazole rings is 1. The van der Waals surface area contributed by atoms with Gasteiger partial charge in [0.1, 0.15) is 0 Å². The van der Waals surface area contributed by atoms with Crippen LogP contribution in [0.5, 0.6) is 0 Å². The molecule has 0 amide bonds. The second-order valence-corrected chi connectivity index (χ2v) is 11.4. The van der Waals surface area contributed by atoms with Gasteiger partial charge >= 0.3 is 4.87 Å². The number of benzene rings is 2. The average Bonchev–Trinajstić information content (AvgIpc) is 2.95. The maximum Gasteiger partial charge on any atom is 0.308 e. The lowest BCUT2D eigenvalue weighted by atomic mass is 9.86. The van der Waals surface area contributed by atoms with Crippen molar-refractivity contribution in [2.24, 2.45) is 0 Å². The topological polar surface area (TPSA) is 68.2 Å². The van der Waals surface area contributed by atoms with Crippen LogP contribution in [0.2, 0.25) is 0 Å². The summed E-state index contributed by atoms with van der Waals surface area (Å²) >= 11 is 1.07. The molecule has 1 atom stereocenters. The average molecular weight is 433 g/mol. The highest BCUT2D eigenvalue weighted by Gasteiger charge is 2.21. The molecule has 1 N–H and O–H groups in total. The molecule has 5 nitrogen and oxygen atoms in total. The number of sulfonamides is 1. The van der Waals surface area contributed by atoms with Crippen molar-refractivity contribution in [3.05, 3.63) is 63.3 Å². The first-order chi connectivity index (χ1) is 13.4. The molecule has 1 heterocycles. The van der Waals surface area contributed by atoms with Crippen LogP contribution in [0, 0.1) is 0 Å². The molecule has 3 rings (SSSR count). The number of hydrogen-bond donors (Lipinski definition) is 1. The minimum atomic E-state index is -3.72. The fraction of sp³-hybridized carbons (Fsp3) is 0.409. The zero-order valence-corrected chi connectivity index (χ0v) is 19.3. The van der Waals surface area contributed by atoms with Gasteiger partial charge in [0.15, 0.2) is 0 Å². The minimum absolute atomic E-state index is 0.0212. The zero-order chi connectivity index (χ0) is 21.6. The molecule has 0 aliphatic heterocycles. The molecular weight excluding hydrogens is 404 g/mol. The standard InChI is InChI=1S/C22H28N2O3S2/c1-14(2)24-19-12-11-18(13-20(19)28-21(24)25)29(26,27)23-15(3)16-7-9-17(10-8-16)22(4,5)6/h7-15,23H,1-6H3/t15-/m0/s1. The zero-order valence-electron chi connectivity index (χ0n) is 17.7. The van der Waals surface area contributed by atoms with Crippen molar-refractivity contribution >= 4 is 31.6 Å². The Balaban J connectivity index is 1.88. The van der Waals surface area contributed by atoms with E-state index in [0.29, 0.717) is 4.70 Å². The summed E-state index contributed by atoms with van der Waals surface area (Å²) in [5.41, 5.74) is 2.91. The number of nitrogens with one attached hydrogen (secondary N) is 1. The van der Waals surface area contributed by atoms with Crippen LogP contribution < -0.4 is 9.60 Å². The molecular formula is C22H28N2O3S2. The van der Waals surface area contributed by atoms with E-state index in [1.807, 2.05) is 45.0 Å². The van der Waals surface area contributed by atoms with Crippen LogP contribution in [-0.2, 0) is 15.4 Å². The van der Waals surface area contributed by atoms with E-state index in [0.717, 1.165) is 22.4 Å². The van der Waals surface area contributed by atoms with E-state index >= 15 is 0 Å². The Bertz CT molecular complexity index is 1180. The smallest absolute Gasteiger partial charge is 0.296 e. The van der Waals surface area contributed by atoms with Gasteiger partial charge in [0.25, 0.3) is 0 Å². The van der Waals surface area contributed by atoms with E-state index in [4.69, 9.17) is 0 Å². The SMILES string of the molecule is CC(C)n1c(=O)sc2cc(S(=O)(=O)N[C@@H](C)c3ccc(C(C)(C)C)cc3)ccc21. The summed E-state index contributed by atoms with van der Waals surface area (Å²) in [5.74, 6) is 0. The van der Waals surface area contributed by atoms with Gasteiger partial charge in [0.2, 0.25) is 10.0 Å². The monoisotopic (exact) mass is 432 g/mol. The van der Waals surface area contributed by atoms with Crippen LogP contribution in [-0.4, -0.2) is 13.0 Å². The van der Waals surface area contributed by atoms with Crippen LogP contribution in [0.15, 0.2) is 52.2 Å². The summed E-state index contributed by atoms with van der Waals surface area (Å²) in [7, 11) is -3.72. The molecule has 156 valence electrons. The molecule has 0 spiro atoms. The van der Waals surface area contributed by atoms with E-state index in [1.54, 1.807) is 22.8 Å². The molecule has 3 aromatic rings. The molecule has 1 aromatic heterocycles.